The number of fused-ring (bicyclic) bond motifs is 1. The van der Waals surface area contributed by atoms with Gasteiger partial charge in [0, 0.05) is 0 Å². The number of halogens is 1. The van der Waals surface area contributed by atoms with Crippen molar-refractivity contribution in [3.05, 3.63) is 127 Å². The first-order chi connectivity index (χ1) is 15.5. The molecule has 0 aliphatic heterocycles. The normalized spacial score (nSPS) is 12.9. The Kier molecular flexibility index (Phi) is 5.28. The fourth-order valence-corrected chi connectivity index (χ4v) is 10.9. The molecule has 158 valence electrons. The van der Waals surface area contributed by atoms with Crippen molar-refractivity contribution in [1.29, 1.82) is 0 Å². The van der Waals surface area contributed by atoms with Crippen molar-refractivity contribution in [2.45, 2.75) is 6.92 Å². The second kappa shape index (κ2) is 8.00. The van der Waals surface area contributed by atoms with Crippen LogP contribution in [-0.2, 0) is 0 Å². The van der Waals surface area contributed by atoms with Gasteiger partial charge in [0.25, 0.3) is 0 Å². The average Bonchev–Trinajstić information content (AvgIpc) is 2.85. The molecule has 2 heteroatoms. The molecule has 0 bridgehead atoms. The summed E-state index contributed by atoms with van der Waals surface area (Å²) in [7, 11) is 0. The van der Waals surface area contributed by atoms with Crippen LogP contribution in [0.5, 0.6) is 0 Å². The van der Waals surface area contributed by atoms with Gasteiger partial charge in [-0.2, -0.15) is 0 Å². The Hall–Kier alpha value is -2.73. The molecule has 0 heterocycles. The van der Waals surface area contributed by atoms with Crippen LogP contribution in [0.4, 0.5) is 0 Å². The monoisotopic (exact) mass is 496 g/mol. The predicted octanol–water partition coefficient (Wildman–Crippen LogP) is 7.58. The van der Waals surface area contributed by atoms with Crippen LogP contribution in [0.2, 0.25) is 0 Å². The summed E-state index contributed by atoms with van der Waals surface area (Å²) >= 11 is 4.45. The van der Waals surface area contributed by atoms with Gasteiger partial charge in [-0.3, -0.25) is 0 Å². The number of aryl methyl sites for hydroxylation is 1. The zero-order valence-electron chi connectivity index (χ0n) is 18.4. The van der Waals surface area contributed by atoms with E-state index in [-0.39, 0.29) is 0 Å². The number of rotatable bonds is 4. The van der Waals surface area contributed by atoms with E-state index in [0.717, 1.165) is 0 Å². The van der Waals surface area contributed by atoms with Gasteiger partial charge in [-0.05, 0) is 0 Å². The Balaban J connectivity index is 1.82. The van der Waals surface area contributed by atoms with E-state index in [1.54, 1.807) is 0 Å². The number of hydrogen-bond acceptors (Lipinski definition) is 0. The predicted molar refractivity (Wildman–Crippen MR) is 148 cm³/mol. The molecule has 0 amide bonds. The van der Waals surface area contributed by atoms with Crippen molar-refractivity contribution < 1.29 is 0 Å². The van der Waals surface area contributed by atoms with Crippen molar-refractivity contribution in [1.82, 2.24) is 0 Å². The second-order valence-corrected chi connectivity index (χ2v) is 18.4. The van der Waals surface area contributed by atoms with Gasteiger partial charge in [-0.15, -0.1) is 0 Å². The van der Waals surface area contributed by atoms with Crippen LogP contribution in [0.25, 0.3) is 21.9 Å². The first-order valence-electron chi connectivity index (χ1n) is 10.9. The molecule has 0 aromatic heterocycles. The van der Waals surface area contributed by atoms with Crippen molar-refractivity contribution in [3.63, 3.8) is 0 Å². The van der Waals surface area contributed by atoms with Gasteiger partial charge < -0.3 is 0 Å². The van der Waals surface area contributed by atoms with Gasteiger partial charge >= 0.3 is 199 Å². The van der Waals surface area contributed by atoms with Crippen molar-refractivity contribution >= 4 is 47.5 Å². The van der Waals surface area contributed by atoms with Crippen LogP contribution >= 0.6 is 20.8 Å². The quantitative estimate of drug-likeness (QED) is 0.225. The second-order valence-electron chi connectivity index (χ2n) is 8.68. The van der Waals surface area contributed by atoms with Gasteiger partial charge in [0.2, 0.25) is 0 Å². The molecule has 5 rings (SSSR count). The molecule has 0 aliphatic carbocycles. The van der Waals surface area contributed by atoms with E-state index in [9.17, 15) is 0 Å². The summed E-state index contributed by atoms with van der Waals surface area (Å²) < 4.78 is 0. The molecule has 0 radical (unpaired) electrons. The Morgan fingerprint density at radius 1 is 0.562 bits per heavy atom. The third-order valence-electron chi connectivity index (χ3n) is 6.52. The van der Waals surface area contributed by atoms with Crippen LogP contribution in [0, 0.1) is 6.92 Å². The third-order valence-corrected chi connectivity index (χ3v) is 14.7. The minimum atomic E-state index is -2.88. The zero-order valence-corrected chi connectivity index (χ0v) is 20.9. The van der Waals surface area contributed by atoms with Crippen molar-refractivity contribution in [3.8, 4) is 11.1 Å². The molecule has 0 atom stereocenters. The van der Waals surface area contributed by atoms with Crippen LogP contribution in [0.1, 0.15) is 5.56 Å². The SMILES string of the molecule is Cc1ccc2cc(-c3ccccc3P(C)(Br)(c3ccccc3)c3ccccc3)ccc2c1. The summed E-state index contributed by atoms with van der Waals surface area (Å²) in [6.07, 6.45) is 0. The van der Waals surface area contributed by atoms with E-state index in [1.807, 2.05) is 0 Å². The molecular weight excluding hydrogens is 471 g/mol. The van der Waals surface area contributed by atoms with Crippen molar-refractivity contribution in [2.75, 3.05) is 6.66 Å². The van der Waals surface area contributed by atoms with Gasteiger partial charge in [-0.1, -0.05) is 0 Å². The molecule has 0 aliphatic rings. The third kappa shape index (κ3) is 3.41. The molecule has 0 saturated heterocycles. The summed E-state index contributed by atoms with van der Waals surface area (Å²) in [5.41, 5.74) is 3.82. The molecular formula is C30H26BrP. The summed E-state index contributed by atoms with van der Waals surface area (Å²) in [5, 5.41) is 3.68. The average molecular weight is 497 g/mol. The standard InChI is InChI=1S/C30H26BrP/c1-23-17-18-25-22-26(20-19-24(25)21-23)29-15-9-10-16-30(29)32(2,31,27-11-5-3-6-12-27)28-13-7-4-8-14-28/h3-22H,1-2H3. The number of benzene rings is 5. The van der Waals surface area contributed by atoms with Crippen LogP contribution in [0.3, 0.4) is 0 Å². The fourth-order valence-electron chi connectivity index (χ4n) is 4.71. The Morgan fingerprint density at radius 2 is 1.09 bits per heavy atom. The van der Waals surface area contributed by atoms with E-state index in [0.29, 0.717) is 0 Å². The maximum absolute atomic E-state index is 4.45. The summed E-state index contributed by atoms with van der Waals surface area (Å²) in [6.45, 7) is 4.56. The molecule has 0 unspecified atom stereocenters. The summed E-state index contributed by atoms with van der Waals surface area (Å²) in [5.74, 6) is 0. The van der Waals surface area contributed by atoms with Crippen molar-refractivity contribution in [2.24, 2.45) is 0 Å². The fraction of sp³-hybridized carbons (Fsp3) is 0.0667. The molecule has 32 heavy (non-hydrogen) atoms. The Bertz CT molecular complexity index is 1360. The van der Waals surface area contributed by atoms with Crippen LogP contribution < -0.4 is 15.9 Å². The topological polar surface area (TPSA) is 0 Å². The van der Waals surface area contributed by atoms with Gasteiger partial charge in [-0.25, -0.2) is 0 Å². The molecule has 0 saturated carbocycles. The van der Waals surface area contributed by atoms with E-state index >= 15 is 0 Å². The van der Waals surface area contributed by atoms with E-state index in [4.69, 9.17) is 0 Å². The van der Waals surface area contributed by atoms with Gasteiger partial charge in [0.1, 0.15) is 0 Å². The molecule has 5 aromatic carbocycles. The van der Waals surface area contributed by atoms with Gasteiger partial charge in [0.05, 0.1) is 0 Å². The zero-order chi connectivity index (χ0) is 22.2. The van der Waals surface area contributed by atoms with Crippen LogP contribution in [-0.4, -0.2) is 6.66 Å². The van der Waals surface area contributed by atoms with Gasteiger partial charge in [0.15, 0.2) is 0 Å². The van der Waals surface area contributed by atoms with E-state index in [1.165, 1.54) is 43.4 Å². The Labute approximate surface area is 198 Å². The molecule has 0 nitrogen and oxygen atoms in total. The van der Waals surface area contributed by atoms with E-state index in [2.05, 4.69) is 150 Å². The van der Waals surface area contributed by atoms with Crippen LogP contribution in [0.15, 0.2) is 121 Å². The molecule has 0 spiro atoms. The molecule has 5 aromatic rings. The first-order valence-corrected chi connectivity index (χ1v) is 15.6. The molecule has 0 fully saturated rings. The first kappa shape index (κ1) is 21.1. The summed E-state index contributed by atoms with van der Waals surface area (Å²) in [6, 6.07) is 44.2. The van der Waals surface area contributed by atoms with E-state index < -0.39 is 5.31 Å². The maximum atomic E-state index is 4.45. The minimum absolute atomic E-state index is 1.25. The summed E-state index contributed by atoms with van der Waals surface area (Å²) in [4.78, 5) is 0. The molecule has 0 N–H and O–H groups in total. The number of hydrogen-bond donors (Lipinski definition) is 0. The Morgan fingerprint density at radius 3 is 1.75 bits per heavy atom.